The molecule has 0 amide bonds. The highest BCUT2D eigenvalue weighted by atomic mass is 19.1. The summed E-state index contributed by atoms with van der Waals surface area (Å²) in [5.74, 6) is 1.53. The zero-order valence-corrected chi connectivity index (χ0v) is 22.0. The van der Waals surface area contributed by atoms with Crippen molar-refractivity contribution in [3.8, 4) is 28.8 Å². The standard InChI is InChI=1S/C30H34FN3O3/c1-6-27(31)37-26-15-21(23-17-33-28-16-22(11-12-34(23)28)30(3,4)18-32)14-25(36-5)29(26)24(35)10-7-19(2)13-20-8-9-20/h6,11-12,14-17,19-20,27H,1,7-10,13H2,2-5H3. The molecule has 0 saturated heterocycles. The maximum absolute atomic E-state index is 14.3. The molecule has 7 heteroatoms. The Kier molecular flexibility index (Phi) is 7.68. The predicted molar refractivity (Wildman–Crippen MR) is 142 cm³/mol. The Labute approximate surface area is 217 Å². The normalized spacial score (nSPS) is 15.1. The lowest BCUT2D eigenvalue weighted by molar-refractivity contribution is 0.0936. The van der Waals surface area contributed by atoms with Crippen LogP contribution in [0.4, 0.5) is 4.39 Å². The molecule has 0 spiro atoms. The molecular weight excluding hydrogens is 469 g/mol. The highest BCUT2D eigenvalue weighted by molar-refractivity contribution is 6.02. The average Bonchev–Trinajstić information content (AvgIpc) is 3.60. The van der Waals surface area contributed by atoms with E-state index in [2.05, 4.69) is 24.6 Å². The van der Waals surface area contributed by atoms with Crippen LogP contribution in [0.2, 0.25) is 0 Å². The fraction of sp³-hybridized carbons (Fsp3) is 0.433. The molecule has 2 aromatic heterocycles. The lowest BCUT2D eigenvalue weighted by atomic mass is 9.87. The molecule has 194 valence electrons. The van der Waals surface area contributed by atoms with E-state index in [1.807, 2.05) is 36.6 Å². The molecule has 1 aromatic carbocycles. The third kappa shape index (κ3) is 5.85. The average molecular weight is 504 g/mol. The van der Waals surface area contributed by atoms with E-state index in [1.54, 1.807) is 18.3 Å². The van der Waals surface area contributed by atoms with Crippen LogP contribution in [0.15, 0.2) is 49.3 Å². The lowest BCUT2D eigenvalue weighted by Crippen LogP contribution is -2.14. The number of ketones is 1. The van der Waals surface area contributed by atoms with E-state index in [4.69, 9.17) is 9.47 Å². The van der Waals surface area contributed by atoms with E-state index in [0.717, 1.165) is 30.4 Å². The van der Waals surface area contributed by atoms with Crippen LogP contribution in [0.25, 0.3) is 16.9 Å². The SMILES string of the molecule is C=CC(F)Oc1cc(-c2cnc3cc(C(C)(C)C#N)ccn23)cc(OC)c1C(=O)CCC(C)CC1CC1. The number of halogens is 1. The largest absolute Gasteiger partial charge is 0.496 e. The second-order valence-corrected chi connectivity index (χ2v) is 10.5. The number of aromatic nitrogens is 2. The molecule has 2 atom stereocenters. The highest BCUT2D eigenvalue weighted by Gasteiger charge is 2.27. The first kappa shape index (κ1) is 26.4. The number of benzene rings is 1. The van der Waals surface area contributed by atoms with Crippen LogP contribution in [0.3, 0.4) is 0 Å². The molecule has 37 heavy (non-hydrogen) atoms. The van der Waals surface area contributed by atoms with Gasteiger partial charge in [-0.15, -0.1) is 0 Å². The van der Waals surface area contributed by atoms with Crippen molar-refractivity contribution in [2.45, 2.75) is 64.6 Å². The van der Waals surface area contributed by atoms with Crippen LogP contribution in [0, 0.1) is 23.2 Å². The smallest absolute Gasteiger partial charge is 0.257 e. The zero-order valence-electron chi connectivity index (χ0n) is 22.0. The minimum atomic E-state index is -1.78. The maximum atomic E-state index is 14.3. The molecule has 0 N–H and O–H groups in total. The van der Waals surface area contributed by atoms with Gasteiger partial charge in [-0.25, -0.2) is 4.98 Å². The Morgan fingerprint density at radius 1 is 1.35 bits per heavy atom. The van der Waals surface area contributed by atoms with Gasteiger partial charge in [0.2, 0.25) is 0 Å². The Balaban J connectivity index is 1.71. The number of hydrogen-bond acceptors (Lipinski definition) is 5. The Bertz CT molecular complexity index is 1350. The summed E-state index contributed by atoms with van der Waals surface area (Å²) in [5.41, 5.74) is 2.46. The second-order valence-electron chi connectivity index (χ2n) is 10.5. The van der Waals surface area contributed by atoms with Crippen LogP contribution in [-0.4, -0.2) is 28.6 Å². The topological polar surface area (TPSA) is 76.6 Å². The van der Waals surface area contributed by atoms with Gasteiger partial charge in [-0.2, -0.15) is 9.65 Å². The predicted octanol–water partition coefficient (Wildman–Crippen LogP) is 7.07. The number of nitriles is 1. The molecule has 0 aliphatic heterocycles. The minimum Gasteiger partial charge on any atom is -0.496 e. The molecule has 3 aromatic rings. The zero-order chi connectivity index (χ0) is 26.7. The molecule has 1 aliphatic rings. The van der Waals surface area contributed by atoms with Crippen molar-refractivity contribution in [1.82, 2.24) is 9.38 Å². The summed E-state index contributed by atoms with van der Waals surface area (Å²) in [4.78, 5) is 17.9. The fourth-order valence-electron chi connectivity index (χ4n) is 4.63. The summed E-state index contributed by atoms with van der Waals surface area (Å²) in [6.07, 6.45) is 7.59. The summed E-state index contributed by atoms with van der Waals surface area (Å²) in [6.45, 7) is 9.34. The monoisotopic (exact) mass is 503 g/mol. The summed E-state index contributed by atoms with van der Waals surface area (Å²) in [6, 6.07) is 9.47. The van der Waals surface area contributed by atoms with E-state index in [0.29, 0.717) is 35.0 Å². The molecule has 1 aliphatic carbocycles. The molecule has 2 unspecified atom stereocenters. The van der Waals surface area contributed by atoms with Crippen molar-refractivity contribution in [1.29, 1.82) is 5.26 Å². The quantitative estimate of drug-likeness (QED) is 0.195. The van der Waals surface area contributed by atoms with Gasteiger partial charge in [-0.05, 0) is 74.4 Å². The molecule has 2 heterocycles. The van der Waals surface area contributed by atoms with Gasteiger partial charge < -0.3 is 9.47 Å². The number of Topliss-reactive ketones (excluding diaryl/α,β-unsaturated/α-hetero) is 1. The third-order valence-electron chi connectivity index (χ3n) is 7.10. The van der Waals surface area contributed by atoms with E-state index < -0.39 is 11.8 Å². The van der Waals surface area contributed by atoms with Crippen molar-refractivity contribution in [3.63, 3.8) is 0 Å². The molecular formula is C30H34FN3O3. The van der Waals surface area contributed by atoms with Crippen LogP contribution in [0.5, 0.6) is 11.5 Å². The summed E-state index contributed by atoms with van der Waals surface area (Å²) >= 11 is 0. The van der Waals surface area contributed by atoms with Gasteiger partial charge in [-0.3, -0.25) is 9.20 Å². The summed E-state index contributed by atoms with van der Waals surface area (Å²) in [5, 5.41) is 9.49. The first-order valence-corrected chi connectivity index (χ1v) is 12.7. The van der Waals surface area contributed by atoms with E-state index in [9.17, 15) is 14.4 Å². The van der Waals surface area contributed by atoms with Crippen molar-refractivity contribution in [2.75, 3.05) is 7.11 Å². The number of fused-ring (bicyclic) bond motifs is 1. The fourth-order valence-corrected chi connectivity index (χ4v) is 4.63. The van der Waals surface area contributed by atoms with Gasteiger partial charge in [0, 0.05) is 18.2 Å². The second kappa shape index (κ2) is 10.8. The number of hydrogen-bond donors (Lipinski definition) is 0. The summed E-state index contributed by atoms with van der Waals surface area (Å²) in [7, 11) is 1.49. The van der Waals surface area contributed by atoms with E-state index >= 15 is 0 Å². The van der Waals surface area contributed by atoms with Crippen LogP contribution >= 0.6 is 0 Å². The number of pyridine rings is 1. The molecule has 0 bridgehead atoms. The number of rotatable bonds is 12. The van der Waals surface area contributed by atoms with Crippen LogP contribution in [0.1, 0.15) is 68.8 Å². The third-order valence-corrected chi connectivity index (χ3v) is 7.10. The van der Waals surface area contributed by atoms with Crippen molar-refractivity contribution in [2.24, 2.45) is 11.8 Å². The number of carbonyl (C=O) groups excluding carboxylic acids is 1. The first-order chi connectivity index (χ1) is 17.7. The number of imidazole rings is 1. The number of ether oxygens (including phenoxy) is 2. The van der Waals surface area contributed by atoms with Crippen molar-refractivity contribution in [3.05, 3.63) is 60.4 Å². The van der Waals surface area contributed by atoms with Gasteiger partial charge in [-0.1, -0.05) is 26.3 Å². The Morgan fingerprint density at radius 3 is 2.73 bits per heavy atom. The summed E-state index contributed by atoms with van der Waals surface area (Å²) < 4.78 is 27.3. The van der Waals surface area contributed by atoms with Gasteiger partial charge >= 0.3 is 0 Å². The van der Waals surface area contributed by atoms with Gasteiger partial charge in [0.25, 0.3) is 6.36 Å². The lowest BCUT2D eigenvalue weighted by Gasteiger charge is -2.18. The van der Waals surface area contributed by atoms with Gasteiger partial charge in [0.1, 0.15) is 22.7 Å². The van der Waals surface area contributed by atoms with Crippen molar-refractivity contribution < 1.29 is 18.7 Å². The molecule has 1 fully saturated rings. The first-order valence-electron chi connectivity index (χ1n) is 12.7. The molecule has 0 radical (unpaired) electrons. The van der Waals surface area contributed by atoms with Crippen LogP contribution in [-0.2, 0) is 5.41 Å². The minimum absolute atomic E-state index is 0.110. The molecule has 6 nitrogen and oxygen atoms in total. The Hall–Kier alpha value is -3.66. The van der Waals surface area contributed by atoms with Crippen molar-refractivity contribution >= 4 is 11.4 Å². The van der Waals surface area contributed by atoms with Crippen LogP contribution < -0.4 is 9.47 Å². The molecule has 1 saturated carbocycles. The molecule has 4 rings (SSSR count). The number of alkyl halides is 1. The van der Waals surface area contributed by atoms with Gasteiger partial charge in [0.15, 0.2) is 5.78 Å². The number of nitrogens with zero attached hydrogens (tertiary/aromatic N) is 3. The van der Waals surface area contributed by atoms with Gasteiger partial charge in [0.05, 0.1) is 30.5 Å². The number of carbonyl (C=O) groups is 1. The highest BCUT2D eigenvalue weighted by Crippen LogP contribution is 2.39. The van der Waals surface area contributed by atoms with E-state index in [-0.39, 0.29) is 17.1 Å². The van der Waals surface area contributed by atoms with E-state index in [1.165, 1.54) is 20.0 Å². The number of methoxy groups -OCH3 is 1. The maximum Gasteiger partial charge on any atom is 0.257 e. The Morgan fingerprint density at radius 2 is 2.08 bits per heavy atom.